The largest absolute Gasteiger partial charge is 0.388 e. The van der Waals surface area contributed by atoms with Gasteiger partial charge in [0, 0.05) is 0 Å². The molecule has 3 rings (SSSR count). The Morgan fingerprint density at radius 3 is 1.76 bits per heavy atom. The van der Waals surface area contributed by atoms with Crippen LogP contribution in [0.25, 0.3) is 22.1 Å². The summed E-state index contributed by atoms with van der Waals surface area (Å²) in [5.74, 6) is 1.06. The Bertz CT molecular complexity index is 556. The Balaban J connectivity index is 0.00000108. The minimum absolute atomic E-state index is 0. The van der Waals surface area contributed by atoms with Crippen LogP contribution < -0.4 is 0 Å². The molecule has 0 radical (unpaired) electrons. The van der Waals surface area contributed by atoms with Crippen molar-refractivity contribution in [3.05, 3.63) is 23.8 Å². The molecule has 2 heterocycles. The third-order valence-corrected chi connectivity index (χ3v) is 2.48. The highest BCUT2D eigenvalue weighted by Crippen LogP contribution is 2.19. The molecule has 2 aromatic heterocycles. The van der Waals surface area contributed by atoms with Crippen LogP contribution in [-0.2, 0) is 13.2 Å². The molecule has 3 aromatic rings. The predicted octanol–water partition coefficient (Wildman–Crippen LogP) is 0.846. The van der Waals surface area contributed by atoms with Crippen molar-refractivity contribution >= 4 is 34.5 Å². The van der Waals surface area contributed by atoms with Crippen molar-refractivity contribution in [3.63, 3.8) is 0 Å². The standard InChI is InChI=1S/C10H10N4O2.ClH/c15-3-9-11-5-1-6-8(2-7(5)13-9)14-10(4-16)12-6;/h1-2,15-16H,3-4H2,(H,11,13)(H,12,14);1H. The fourth-order valence-electron chi connectivity index (χ4n) is 1.77. The summed E-state index contributed by atoms with van der Waals surface area (Å²) >= 11 is 0. The minimum atomic E-state index is -0.113. The van der Waals surface area contributed by atoms with E-state index in [1.807, 2.05) is 12.1 Å². The smallest absolute Gasteiger partial charge is 0.133 e. The van der Waals surface area contributed by atoms with E-state index in [1.54, 1.807) is 0 Å². The summed E-state index contributed by atoms with van der Waals surface area (Å²) in [5.41, 5.74) is 3.19. The van der Waals surface area contributed by atoms with Crippen LogP contribution in [0.2, 0.25) is 0 Å². The molecule has 7 heteroatoms. The Morgan fingerprint density at radius 2 is 1.35 bits per heavy atom. The van der Waals surface area contributed by atoms with Gasteiger partial charge in [-0.25, -0.2) is 9.97 Å². The fourth-order valence-corrected chi connectivity index (χ4v) is 1.77. The van der Waals surface area contributed by atoms with E-state index in [9.17, 15) is 0 Å². The van der Waals surface area contributed by atoms with Crippen molar-refractivity contribution in [2.45, 2.75) is 13.2 Å². The minimum Gasteiger partial charge on any atom is -0.388 e. The summed E-state index contributed by atoms with van der Waals surface area (Å²) < 4.78 is 0. The number of nitrogens with zero attached hydrogens (tertiary/aromatic N) is 2. The fraction of sp³-hybridized carbons (Fsp3) is 0.200. The number of aromatic nitrogens is 4. The summed E-state index contributed by atoms with van der Waals surface area (Å²) in [4.78, 5) is 14.4. The van der Waals surface area contributed by atoms with Gasteiger partial charge in [0.15, 0.2) is 0 Å². The van der Waals surface area contributed by atoms with Gasteiger partial charge < -0.3 is 20.2 Å². The Kier molecular flexibility index (Phi) is 3.01. The number of aliphatic hydroxyl groups excluding tert-OH is 2. The van der Waals surface area contributed by atoms with Crippen molar-refractivity contribution in [2.75, 3.05) is 0 Å². The molecule has 0 amide bonds. The van der Waals surface area contributed by atoms with Crippen LogP contribution in [0.1, 0.15) is 11.6 Å². The van der Waals surface area contributed by atoms with Crippen molar-refractivity contribution in [3.8, 4) is 0 Å². The second-order valence-corrected chi connectivity index (χ2v) is 3.57. The number of halogens is 1. The lowest BCUT2D eigenvalue weighted by atomic mass is 10.3. The number of aliphatic hydroxyl groups is 2. The maximum Gasteiger partial charge on any atom is 0.133 e. The van der Waals surface area contributed by atoms with E-state index in [2.05, 4.69) is 19.9 Å². The summed E-state index contributed by atoms with van der Waals surface area (Å²) in [7, 11) is 0. The SMILES string of the molecule is Cl.OCc1nc2cc3nc(CO)[nH]c3cc2[nH]1. The highest BCUT2D eigenvalue weighted by molar-refractivity contribution is 5.91. The zero-order chi connectivity index (χ0) is 11.1. The first-order valence-electron chi connectivity index (χ1n) is 4.89. The molecular weight excluding hydrogens is 244 g/mol. The maximum absolute atomic E-state index is 8.96. The highest BCUT2D eigenvalue weighted by Gasteiger charge is 2.07. The number of hydrogen-bond acceptors (Lipinski definition) is 4. The van der Waals surface area contributed by atoms with Gasteiger partial charge in [-0.1, -0.05) is 0 Å². The van der Waals surface area contributed by atoms with Gasteiger partial charge in [-0.2, -0.15) is 0 Å². The van der Waals surface area contributed by atoms with Gasteiger partial charge in [0.25, 0.3) is 0 Å². The van der Waals surface area contributed by atoms with Gasteiger partial charge in [0.2, 0.25) is 0 Å². The molecule has 0 saturated heterocycles. The van der Waals surface area contributed by atoms with Gasteiger partial charge in [-0.05, 0) is 12.1 Å². The Hall–Kier alpha value is -1.63. The van der Waals surface area contributed by atoms with Crippen LogP contribution >= 0.6 is 12.4 Å². The van der Waals surface area contributed by atoms with Crippen LogP contribution in [0.15, 0.2) is 12.1 Å². The summed E-state index contributed by atoms with van der Waals surface area (Å²) in [6.45, 7) is -0.226. The Morgan fingerprint density at radius 1 is 0.882 bits per heavy atom. The molecule has 90 valence electrons. The number of imidazole rings is 2. The monoisotopic (exact) mass is 254 g/mol. The molecule has 4 N–H and O–H groups in total. The lowest BCUT2D eigenvalue weighted by Gasteiger charge is -1.87. The second-order valence-electron chi connectivity index (χ2n) is 3.57. The molecule has 1 aromatic carbocycles. The van der Waals surface area contributed by atoms with Crippen LogP contribution in [0, 0.1) is 0 Å². The number of nitrogens with one attached hydrogen (secondary N) is 2. The van der Waals surface area contributed by atoms with Crippen LogP contribution in [0.5, 0.6) is 0 Å². The van der Waals surface area contributed by atoms with E-state index in [-0.39, 0.29) is 25.6 Å². The first kappa shape index (κ1) is 11.8. The van der Waals surface area contributed by atoms with E-state index in [0.717, 1.165) is 22.1 Å². The number of aromatic amines is 2. The van der Waals surface area contributed by atoms with Gasteiger partial charge in [-0.3, -0.25) is 0 Å². The van der Waals surface area contributed by atoms with Crippen molar-refractivity contribution in [1.82, 2.24) is 19.9 Å². The molecule has 0 unspecified atom stereocenters. The van der Waals surface area contributed by atoms with Crippen LogP contribution in [0.3, 0.4) is 0 Å². The molecule has 0 fully saturated rings. The third kappa shape index (κ3) is 1.86. The maximum atomic E-state index is 8.96. The van der Waals surface area contributed by atoms with Crippen LogP contribution in [0.4, 0.5) is 0 Å². The highest BCUT2D eigenvalue weighted by atomic mass is 35.5. The van der Waals surface area contributed by atoms with Crippen molar-refractivity contribution < 1.29 is 10.2 Å². The predicted molar refractivity (Wildman–Crippen MR) is 64.8 cm³/mol. The van der Waals surface area contributed by atoms with Gasteiger partial charge >= 0.3 is 0 Å². The molecule has 6 nitrogen and oxygen atoms in total. The van der Waals surface area contributed by atoms with Gasteiger partial charge in [0.05, 0.1) is 22.1 Å². The van der Waals surface area contributed by atoms with Crippen LogP contribution in [-0.4, -0.2) is 30.1 Å². The van der Waals surface area contributed by atoms with E-state index in [4.69, 9.17) is 10.2 Å². The average Bonchev–Trinajstić information content (AvgIpc) is 2.86. The molecule has 0 atom stereocenters. The first-order chi connectivity index (χ1) is 7.80. The van der Waals surface area contributed by atoms with E-state index in [1.165, 1.54) is 0 Å². The van der Waals surface area contributed by atoms with E-state index >= 15 is 0 Å². The topological polar surface area (TPSA) is 97.8 Å². The molecule has 0 saturated carbocycles. The Labute approximate surface area is 102 Å². The second kappa shape index (κ2) is 4.33. The molecule has 0 aliphatic heterocycles. The number of fused-ring (bicyclic) bond motifs is 2. The molecule has 17 heavy (non-hydrogen) atoms. The average molecular weight is 255 g/mol. The summed E-state index contributed by atoms with van der Waals surface area (Å²) in [6.07, 6.45) is 0. The summed E-state index contributed by atoms with van der Waals surface area (Å²) in [6, 6.07) is 3.68. The van der Waals surface area contributed by atoms with E-state index < -0.39 is 0 Å². The number of rotatable bonds is 2. The first-order valence-corrected chi connectivity index (χ1v) is 4.89. The lowest BCUT2D eigenvalue weighted by molar-refractivity contribution is 0.273. The molecule has 0 spiro atoms. The molecule has 0 aliphatic carbocycles. The van der Waals surface area contributed by atoms with Gasteiger partial charge in [-0.15, -0.1) is 12.4 Å². The number of hydrogen-bond donors (Lipinski definition) is 4. The number of H-pyrrole nitrogens is 2. The van der Waals surface area contributed by atoms with E-state index in [0.29, 0.717) is 11.6 Å². The van der Waals surface area contributed by atoms with Gasteiger partial charge in [0.1, 0.15) is 24.9 Å². The molecular formula is C10H11ClN4O2. The third-order valence-electron chi connectivity index (χ3n) is 2.48. The van der Waals surface area contributed by atoms with Crippen molar-refractivity contribution in [2.24, 2.45) is 0 Å². The lowest BCUT2D eigenvalue weighted by Crippen LogP contribution is -1.83. The zero-order valence-corrected chi connectivity index (χ0v) is 9.58. The quantitative estimate of drug-likeness (QED) is 0.545. The van der Waals surface area contributed by atoms with Crippen molar-refractivity contribution in [1.29, 1.82) is 0 Å². The zero-order valence-electron chi connectivity index (χ0n) is 8.77. The summed E-state index contributed by atoms with van der Waals surface area (Å²) in [5, 5.41) is 17.9. The molecule has 0 aliphatic rings. The molecule has 0 bridgehead atoms. The normalized spacial score (nSPS) is 10.9. The number of benzene rings is 1.